The first-order valence-corrected chi connectivity index (χ1v) is 7.53. The number of hydrogen-bond donors (Lipinski definition) is 4. The van der Waals surface area contributed by atoms with E-state index in [1.165, 1.54) is 0 Å². The second kappa shape index (κ2) is 8.65. The third kappa shape index (κ3) is 7.95. The molecule has 1 unspecified atom stereocenters. The molecule has 142 valence electrons. The largest absolute Gasteiger partial charge is 0.480 e. The summed E-state index contributed by atoms with van der Waals surface area (Å²) >= 11 is 0. The summed E-state index contributed by atoms with van der Waals surface area (Å²) in [5, 5.41) is 26.2. The van der Waals surface area contributed by atoms with E-state index in [0.717, 1.165) is 0 Å². The Hall–Kier alpha value is -3.37. The number of carbonyl (C=O) groups is 2. The average molecular weight is 367 g/mol. The maximum Gasteiger partial charge on any atom is 0.408 e. The van der Waals surface area contributed by atoms with Gasteiger partial charge in [0.1, 0.15) is 16.7 Å². The second-order valence-corrected chi connectivity index (χ2v) is 6.29. The number of nitrogens with two attached hydrogens (primary N) is 1. The van der Waals surface area contributed by atoms with Crippen molar-refractivity contribution in [1.82, 2.24) is 5.32 Å². The number of carboxylic acids is 1. The molecule has 0 bridgehead atoms. The molecule has 0 aliphatic heterocycles. The van der Waals surface area contributed by atoms with Gasteiger partial charge in [-0.25, -0.2) is 19.7 Å². The molecule has 1 aromatic rings. The van der Waals surface area contributed by atoms with E-state index in [1.54, 1.807) is 45.0 Å². The van der Waals surface area contributed by atoms with Crippen molar-refractivity contribution in [3.05, 3.63) is 39.9 Å². The lowest BCUT2D eigenvalue weighted by atomic mass is 10.1. The summed E-state index contributed by atoms with van der Waals surface area (Å²) in [6, 6.07) is 5.10. The molecule has 1 atom stereocenters. The number of aliphatic carboxylic acids is 1. The number of amides is 1. The minimum absolute atomic E-state index is 0.0212. The highest BCUT2D eigenvalue weighted by molar-refractivity contribution is 5.91. The van der Waals surface area contributed by atoms with E-state index in [4.69, 9.17) is 10.5 Å². The van der Waals surface area contributed by atoms with Crippen LogP contribution in [0.3, 0.4) is 0 Å². The van der Waals surface area contributed by atoms with Crippen molar-refractivity contribution in [1.29, 1.82) is 0 Å². The zero-order valence-corrected chi connectivity index (χ0v) is 14.6. The predicted octanol–water partition coefficient (Wildman–Crippen LogP) is 1.13. The highest BCUT2D eigenvalue weighted by atomic mass is 16.7. The van der Waals surface area contributed by atoms with Gasteiger partial charge in [0.25, 0.3) is 5.96 Å². The van der Waals surface area contributed by atoms with Crippen molar-refractivity contribution in [3.8, 4) is 0 Å². The minimum atomic E-state index is -1.21. The monoisotopic (exact) mass is 367 g/mol. The number of ether oxygens (including phenoxy) is 1. The van der Waals surface area contributed by atoms with E-state index in [1.807, 2.05) is 0 Å². The first kappa shape index (κ1) is 20.7. The van der Waals surface area contributed by atoms with Crippen LogP contribution in [0.2, 0.25) is 0 Å². The number of anilines is 1. The van der Waals surface area contributed by atoms with Crippen molar-refractivity contribution in [3.63, 3.8) is 0 Å². The number of nitro groups is 1. The Balaban J connectivity index is 2.73. The third-order valence-corrected chi connectivity index (χ3v) is 2.84. The number of hydrogen-bond acceptors (Lipinski definition) is 5. The molecule has 11 nitrogen and oxygen atoms in total. The van der Waals surface area contributed by atoms with E-state index in [9.17, 15) is 24.8 Å². The lowest BCUT2D eigenvalue weighted by Gasteiger charge is -2.22. The quantitative estimate of drug-likeness (QED) is 0.251. The van der Waals surface area contributed by atoms with Gasteiger partial charge in [0, 0.05) is 12.1 Å². The molecule has 1 amide bonds. The highest BCUT2D eigenvalue weighted by Gasteiger charge is 2.24. The summed E-state index contributed by atoms with van der Waals surface area (Å²) in [5.41, 5.74) is 5.63. The van der Waals surface area contributed by atoms with Gasteiger partial charge < -0.3 is 26.2 Å². The van der Waals surface area contributed by atoms with E-state index < -0.39 is 34.7 Å². The molecule has 5 N–H and O–H groups in total. The normalized spacial score (nSPS) is 12.8. The second-order valence-electron chi connectivity index (χ2n) is 6.29. The molecular formula is C15H21N5O6. The Morgan fingerprint density at radius 2 is 1.92 bits per heavy atom. The summed E-state index contributed by atoms with van der Waals surface area (Å²) in [7, 11) is 0. The Kier molecular flexibility index (Phi) is 6.88. The molecule has 0 fully saturated rings. The number of carbonyl (C=O) groups excluding carboxylic acids is 1. The smallest absolute Gasteiger partial charge is 0.408 e. The number of alkyl carbamates (subject to hydrolysis) is 1. The molecule has 0 saturated carbocycles. The summed E-state index contributed by atoms with van der Waals surface area (Å²) in [4.78, 5) is 33.3. The summed E-state index contributed by atoms with van der Waals surface area (Å²) in [6.07, 6.45) is -0.806. The van der Waals surface area contributed by atoms with Crippen LogP contribution in [0.15, 0.2) is 29.4 Å². The molecule has 26 heavy (non-hydrogen) atoms. The van der Waals surface area contributed by atoms with E-state index in [2.05, 4.69) is 15.7 Å². The number of benzene rings is 1. The maximum absolute atomic E-state index is 11.7. The SMILES string of the molecule is CC(C)(C)OC(=O)NC(Cc1ccc(NC(N)=N[N+](=O)[O-])cc1)C(=O)O. The van der Waals surface area contributed by atoms with Crippen LogP contribution in [0, 0.1) is 10.1 Å². The lowest BCUT2D eigenvalue weighted by molar-refractivity contribution is -0.485. The van der Waals surface area contributed by atoms with Gasteiger partial charge in [0.15, 0.2) is 5.03 Å². The molecule has 0 radical (unpaired) electrons. The topological polar surface area (TPSA) is 169 Å². The number of nitrogens with zero attached hydrogens (tertiary/aromatic N) is 2. The fraction of sp³-hybridized carbons (Fsp3) is 0.400. The van der Waals surface area contributed by atoms with Gasteiger partial charge >= 0.3 is 12.1 Å². The number of guanidine groups is 1. The Morgan fingerprint density at radius 3 is 2.38 bits per heavy atom. The first-order valence-electron chi connectivity index (χ1n) is 7.53. The molecular weight excluding hydrogens is 346 g/mol. The molecule has 1 aromatic carbocycles. The van der Waals surface area contributed by atoms with Crippen LogP contribution < -0.4 is 16.4 Å². The van der Waals surface area contributed by atoms with E-state index in [0.29, 0.717) is 11.3 Å². The van der Waals surface area contributed by atoms with Crippen LogP contribution in [0.4, 0.5) is 10.5 Å². The highest BCUT2D eigenvalue weighted by Crippen LogP contribution is 2.12. The van der Waals surface area contributed by atoms with E-state index in [-0.39, 0.29) is 6.42 Å². The number of nitrogens with one attached hydrogen (secondary N) is 2. The van der Waals surface area contributed by atoms with Crippen molar-refractivity contribution < 1.29 is 24.5 Å². The average Bonchev–Trinajstić information content (AvgIpc) is 2.45. The molecule has 0 spiro atoms. The third-order valence-electron chi connectivity index (χ3n) is 2.84. The van der Waals surface area contributed by atoms with Crippen LogP contribution in [0.1, 0.15) is 26.3 Å². The molecule has 0 aliphatic carbocycles. The number of carboxylic acid groups (broad SMARTS) is 1. The summed E-state index contributed by atoms with van der Waals surface area (Å²) in [6.45, 7) is 5.01. The van der Waals surface area contributed by atoms with Crippen LogP contribution in [-0.2, 0) is 16.0 Å². The van der Waals surface area contributed by atoms with Crippen molar-refractivity contribution >= 4 is 23.7 Å². The van der Waals surface area contributed by atoms with Crippen molar-refractivity contribution in [2.45, 2.75) is 38.8 Å². The van der Waals surface area contributed by atoms with Gasteiger partial charge in [-0.1, -0.05) is 12.1 Å². The van der Waals surface area contributed by atoms with Gasteiger partial charge in [-0.05, 0) is 38.5 Å². The van der Waals surface area contributed by atoms with Crippen LogP contribution >= 0.6 is 0 Å². The Bertz CT molecular complexity index is 695. The van der Waals surface area contributed by atoms with Gasteiger partial charge in [0.2, 0.25) is 0 Å². The fourth-order valence-electron chi connectivity index (χ4n) is 1.87. The van der Waals surface area contributed by atoms with Gasteiger partial charge in [-0.3, -0.25) is 0 Å². The fourth-order valence-corrected chi connectivity index (χ4v) is 1.87. The molecule has 0 aromatic heterocycles. The molecule has 11 heteroatoms. The zero-order chi connectivity index (χ0) is 19.9. The minimum Gasteiger partial charge on any atom is -0.480 e. The predicted molar refractivity (Wildman–Crippen MR) is 93.2 cm³/mol. The standard InChI is InChI=1S/C15H21N5O6/c1-15(2,3)26-14(23)18-11(12(21)22)8-9-4-6-10(7-5-9)17-13(16)19-20(24)25/h4-7,11H,8H2,1-3H3,(H,18,23)(H,21,22)(H3,16,17,19). The van der Waals surface area contributed by atoms with Crippen LogP contribution in [0.5, 0.6) is 0 Å². The summed E-state index contributed by atoms with van der Waals surface area (Å²) < 4.78 is 5.05. The van der Waals surface area contributed by atoms with Gasteiger partial charge in [-0.2, -0.15) is 0 Å². The van der Waals surface area contributed by atoms with Crippen LogP contribution in [-0.4, -0.2) is 39.8 Å². The molecule has 0 saturated heterocycles. The number of hydrazone groups is 1. The number of rotatable bonds is 6. The lowest BCUT2D eigenvalue weighted by Crippen LogP contribution is -2.44. The molecule has 0 heterocycles. The summed E-state index contributed by atoms with van der Waals surface area (Å²) in [5.74, 6) is -1.60. The first-order chi connectivity index (χ1) is 12.0. The van der Waals surface area contributed by atoms with Crippen molar-refractivity contribution in [2.24, 2.45) is 10.8 Å². The maximum atomic E-state index is 11.7. The van der Waals surface area contributed by atoms with Gasteiger partial charge in [0.05, 0.1) is 0 Å². The Morgan fingerprint density at radius 1 is 1.35 bits per heavy atom. The van der Waals surface area contributed by atoms with Crippen molar-refractivity contribution in [2.75, 3.05) is 5.32 Å². The molecule has 1 rings (SSSR count). The van der Waals surface area contributed by atoms with Gasteiger partial charge in [-0.15, -0.1) is 0 Å². The van der Waals surface area contributed by atoms with Crippen LogP contribution in [0.25, 0.3) is 0 Å². The molecule has 0 aliphatic rings. The zero-order valence-electron chi connectivity index (χ0n) is 14.6. The Labute approximate surface area is 149 Å². The van der Waals surface area contributed by atoms with E-state index >= 15 is 0 Å².